The first-order chi connectivity index (χ1) is 16.8. The van der Waals surface area contributed by atoms with Gasteiger partial charge in [-0.25, -0.2) is 9.59 Å². The van der Waals surface area contributed by atoms with E-state index >= 15 is 0 Å². The summed E-state index contributed by atoms with van der Waals surface area (Å²) < 4.78 is 45.1. The molecule has 3 aromatic rings. The summed E-state index contributed by atoms with van der Waals surface area (Å²) >= 11 is 0. The predicted molar refractivity (Wildman–Crippen MR) is 123 cm³/mol. The molecule has 178 valence electrons. The lowest BCUT2D eigenvalue weighted by Gasteiger charge is -2.14. The standard InChI is InChI=1S/C27H20F3NO4/c28-27(29,30)24-15-18(25(32)33)13-12-17(24)7-5-6-14-31-26(34)35-16-23-21-10-3-1-8-19(21)20-9-2-4-11-22(20)23/h1-4,8-13,15,23H,6,14,16H2,(H,31,34)(H,32,33). The number of carbonyl (C=O) groups excluding carboxylic acids is 1. The van der Waals surface area contributed by atoms with Crippen LogP contribution in [0.1, 0.15) is 45.0 Å². The maximum Gasteiger partial charge on any atom is 0.417 e. The number of fused-ring (bicyclic) bond motifs is 3. The first-order valence-corrected chi connectivity index (χ1v) is 10.8. The molecule has 1 aliphatic rings. The molecule has 0 radical (unpaired) electrons. The Bertz CT molecular complexity index is 1290. The van der Waals surface area contributed by atoms with Crippen LogP contribution in [-0.4, -0.2) is 30.3 Å². The largest absolute Gasteiger partial charge is 0.478 e. The fourth-order valence-corrected chi connectivity index (χ4v) is 4.06. The zero-order valence-electron chi connectivity index (χ0n) is 18.4. The van der Waals surface area contributed by atoms with Crippen LogP contribution in [-0.2, 0) is 10.9 Å². The van der Waals surface area contributed by atoms with Crippen molar-refractivity contribution in [3.8, 4) is 23.0 Å². The Morgan fingerprint density at radius 1 is 0.971 bits per heavy atom. The number of carboxylic acids is 1. The fraction of sp³-hybridized carbons (Fsp3) is 0.185. The van der Waals surface area contributed by atoms with Gasteiger partial charge in [0.1, 0.15) is 6.61 Å². The number of benzene rings is 3. The van der Waals surface area contributed by atoms with E-state index in [1.165, 1.54) is 0 Å². The van der Waals surface area contributed by atoms with Gasteiger partial charge in [-0.3, -0.25) is 0 Å². The van der Waals surface area contributed by atoms with Crippen molar-refractivity contribution in [2.45, 2.75) is 18.5 Å². The maximum atomic E-state index is 13.2. The average molecular weight is 479 g/mol. The summed E-state index contributed by atoms with van der Waals surface area (Å²) in [6.07, 6.45) is -5.30. The van der Waals surface area contributed by atoms with E-state index in [1.54, 1.807) is 0 Å². The van der Waals surface area contributed by atoms with E-state index in [0.717, 1.165) is 34.4 Å². The van der Waals surface area contributed by atoms with Crippen LogP contribution in [0.15, 0.2) is 66.7 Å². The molecule has 3 aromatic carbocycles. The third-order valence-corrected chi connectivity index (χ3v) is 5.66. The summed E-state index contributed by atoms with van der Waals surface area (Å²) in [5.41, 5.74) is 2.48. The number of hydrogen-bond acceptors (Lipinski definition) is 3. The highest BCUT2D eigenvalue weighted by Crippen LogP contribution is 2.44. The number of aromatic carboxylic acids is 1. The molecule has 0 fully saturated rings. The Balaban J connectivity index is 1.32. The molecule has 5 nitrogen and oxygen atoms in total. The van der Waals surface area contributed by atoms with Crippen LogP contribution < -0.4 is 5.32 Å². The Hall–Kier alpha value is -4.25. The van der Waals surface area contributed by atoms with Crippen LogP contribution in [0.25, 0.3) is 11.1 Å². The Morgan fingerprint density at radius 3 is 2.20 bits per heavy atom. The third-order valence-electron chi connectivity index (χ3n) is 5.66. The fourth-order valence-electron chi connectivity index (χ4n) is 4.06. The lowest BCUT2D eigenvalue weighted by molar-refractivity contribution is -0.137. The van der Waals surface area contributed by atoms with Crippen molar-refractivity contribution in [3.63, 3.8) is 0 Å². The zero-order chi connectivity index (χ0) is 25.0. The second-order valence-electron chi connectivity index (χ2n) is 7.87. The van der Waals surface area contributed by atoms with Crippen LogP contribution >= 0.6 is 0 Å². The number of nitrogens with one attached hydrogen (secondary N) is 1. The Morgan fingerprint density at radius 2 is 1.60 bits per heavy atom. The molecular formula is C27H20F3NO4. The summed E-state index contributed by atoms with van der Waals surface area (Å²) in [7, 11) is 0. The number of amides is 1. The van der Waals surface area contributed by atoms with Gasteiger partial charge in [-0.15, -0.1) is 0 Å². The number of rotatable bonds is 5. The second kappa shape index (κ2) is 9.94. The van der Waals surface area contributed by atoms with Crippen molar-refractivity contribution in [1.29, 1.82) is 0 Å². The van der Waals surface area contributed by atoms with E-state index in [1.807, 2.05) is 48.5 Å². The van der Waals surface area contributed by atoms with E-state index in [2.05, 4.69) is 17.2 Å². The van der Waals surface area contributed by atoms with E-state index in [9.17, 15) is 22.8 Å². The average Bonchev–Trinajstić information content (AvgIpc) is 3.15. The minimum absolute atomic E-state index is 0.0810. The summed E-state index contributed by atoms with van der Waals surface area (Å²) in [5, 5.41) is 11.5. The van der Waals surface area contributed by atoms with E-state index in [4.69, 9.17) is 9.84 Å². The maximum absolute atomic E-state index is 13.2. The molecule has 4 rings (SSSR count). The number of halogens is 3. The lowest BCUT2D eigenvalue weighted by Crippen LogP contribution is -2.26. The molecule has 1 aliphatic carbocycles. The SMILES string of the molecule is O=C(NCCC#Cc1ccc(C(=O)O)cc1C(F)(F)F)OCC1c2ccccc2-c2ccccc21. The minimum atomic E-state index is -4.74. The van der Waals surface area contributed by atoms with Crippen LogP contribution in [0.3, 0.4) is 0 Å². The molecule has 0 atom stereocenters. The van der Waals surface area contributed by atoms with Gasteiger partial charge in [-0.2, -0.15) is 13.2 Å². The molecule has 0 bridgehead atoms. The van der Waals surface area contributed by atoms with Crippen molar-refractivity contribution < 1.29 is 32.6 Å². The molecule has 0 saturated heterocycles. The first kappa shape index (κ1) is 23.9. The quantitative estimate of drug-likeness (QED) is 0.365. The summed E-state index contributed by atoms with van der Waals surface area (Å²) in [6.45, 7) is 0.231. The third kappa shape index (κ3) is 5.30. The van der Waals surface area contributed by atoms with Gasteiger partial charge in [0.25, 0.3) is 0 Å². The van der Waals surface area contributed by atoms with Gasteiger partial charge in [0.2, 0.25) is 0 Å². The molecule has 0 aliphatic heterocycles. The second-order valence-corrected chi connectivity index (χ2v) is 7.87. The number of ether oxygens (including phenoxy) is 1. The smallest absolute Gasteiger partial charge is 0.417 e. The van der Waals surface area contributed by atoms with Crippen LogP contribution in [0.2, 0.25) is 0 Å². The van der Waals surface area contributed by atoms with E-state index in [0.29, 0.717) is 6.07 Å². The molecule has 2 N–H and O–H groups in total. The molecular weight excluding hydrogens is 459 g/mol. The molecule has 35 heavy (non-hydrogen) atoms. The Kier molecular flexibility index (Phi) is 6.78. The monoisotopic (exact) mass is 479 g/mol. The highest BCUT2D eigenvalue weighted by molar-refractivity contribution is 5.88. The number of carbonyl (C=O) groups is 2. The van der Waals surface area contributed by atoms with Crippen LogP contribution in [0, 0.1) is 11.8 Å². The van der Waals surface area contributed by atoms with Crippen molar-refractivity contribution in [1.82, 2.24) is 5.32 Å². The summed E-state index contributed by atoms with van der Waals surface area (Å²) in [6, 6.07) is 18.5. The highest BCUT2D eigenvalue weighted by Gasteiger charge is 2.34. The van der Waals surface area contributed by atoms with Gasteiger partial charge in [-0.05, 0) is 40.5 Å². The summed E-state index contributed by atoms with van der Waals surface area (Å²) in [5.74, 6) is 3.44. The van der Waals surface area contributed by atoms with Gasteiger partial charge in [0.15, 0.2) is 0 Å². The number of alkyl halides is 3. The number of hydrogen-bond donors (Lipinski definition) is 2. The van der Waals surface area contributed by atoms with Crippen molar-refractivity contribution in [2.24, 2.45) is 0 Å². The topological polar surface area (TPSA) is 75.6 Å². The van der Waals surface area contributed by atoms with Crippen LogP contribution in [0.5, 0.6) is 0 Å². The molecule has 0 heterocycles. The van der Waals surface area contributed by atoms with E-state index in [-0.39, 0.29) is 31.1 Å². The van der Waals surface area contributed by atoms with Gasteiger partial charge in [0.05, 0.1) is 11.1 Å². The molecule has 0 aromatic heterocycles. The molecule has 0 saturated carbocycles. The molecule has 8 heteroatoms. The normalized spacial score (nSPS) is 12.2. The molecule has 0 unspecified atom stereocenters. The number of alkyl carbamates (subject to hydrolysis) is 1. The van der Waals surface area contributed by atoms with Gasteiger partial charge < -0.3 is 15.2 Å². The van der Waals surface area contributed by atoms with E-state index < -0.39 is 29.4 Å². The van der Waals surface area contributed by atoms with Gasteiger partial charge >= 0.3 is 18.2 Å². The van der Waals surface area contributed by atoms with Crippen LogP contribution in [0.4, 0.5) is 18.0 Å². The molecule has 0 spiro atoms. The minimum Gasteiger partial charge on any atom is -0.478 e. The van der Waals surface area contributed by atoms with Crippen molar-refractivity contribution in [2.75, 3.05) is 13.2 Å². The first-order valence-electron chi connectivity index (χ1n) is 10.8. The molecule has 1 amide bonds. The summed E-state index contributed by atoms with van der Waals surface area (Å²) in [4.78, 5) is 23.1. The predicted octanol–water partition coefficient (Wildman–Crippen LogP) is 5.68. The lowest BCUT2D eigenvalue weighted by atomic mass is 9.98. The Labute approximate surface area is 199 Å². The zero-order valence-corrected chi connectivity index (χ0v) is 18.4. The van der Waals surface area contributed by atoms with Gasteiger partial charge in [0, 0.05) is 24.4 Å². The van der Waals surface area contributed by atoms with Crippen molar-refractivity contribution >= 4 is 12.1 Å². The van der Waals surface area contributed by atoms with Gasteiger partial charge in [-0.1, -0.05) is 60.4 Å². The van der Waals surface area contributed by atoms with Crippen molar-refractivity contribution in [3.05, 3.63) is 94.5 Å². The number of carboxylic acid groups (broad SMARTS) is 1. The highest BCUT2D eigenvalue weighted by atomic mass is 19.4.